The molecular formula is C20H13Cl2N3O5. The van der Waals surface area contributed by atoms with E-state index in [0.29, 0.717) is 5.56 Å². The van der Waals surface area contributed by atoms with Gasteiger partial charge < -0.3 is 10.1 Å². The molecule has 0 aliphatic rings. The van der Waals surface area contributed by atoms with Crippen LogP contribution in [0.5, 0.6) is 0 Å². The van der Waals surface area contributed by atoms with Gasteiger partial charge in [0.25, 0.3) is 11.6 Å². The summed E-state index contributed by atoms with van der Waals surface area (Å²) in [5.41, 5.74) is 0.452. The first-order valence-corrected chi connectivity index (χ1v) is 9.23. The van der Waals surface area contributed by atoms with Crippen LogP contribution in [-0.2, 0) is 9.53 Å². The number of carbonyl (C=O) groups is 2. The van der Waals surface area contributed by atoms with Crippen LogP contribution in [0.4, 0.5) is 11.4 Å². The Hall–Kier alpha value is -3.49. The second kappa shape index (κ2) is 9.34. The predicted octanol–water partition coefficient (Wildman–Crippen LogP) is 4.83. The minimum atomic E-state index is -1.31. The zero-order chi connectivity index (χ0) is 21.7. The fourth-order valence-electron chi connectivity index (χ4n) is 2.52. The van der Waals surface area contributed by atoms with E-state index in [4.69, 9.17) is 27.9 Å². The Labute approximate surface area is 180 Å². The maximum absolute atomic E-state index is 12.9. The van der Waals surface area contributed by atoms with E-state index in [2.05, 4.69) is 10.3 Å². The van der Waals surface area contributed by atoms with Gasteiger partial charge in [-0.05, 0) is 18.2 Å². The molecule has 152 valence electrons. The number of anilines is 1. The Kier molecular flexibility index (Phi) is 6.61. The average molecular weight is 446 g/mol. The number of rotatable bonds is 6. The number of nitrogens with one attached hydrogen (secondary N) is 1. The highest BCUT2D eigenvalue weighted by Crippen LogP contribution is 2.29. The fourth-order valence-corrected chi connectivity index (χ4v) is 2.92. The molecule has 1 unspecified atom stereocenters. The fraction of sp³-hybridized carbons (Fsp3) is 0.0500. The number of nitro benzene ring substituents is 1. The third-order valence-electron chi connectivity index (χ3n) is 3.95. The number of amides is 1. The molecule has 1 amide bonds. The molecule has 0 radical (unpaired) electrons. The summed E-state index contributed by atoms with van der Waals surface area (Å²) in [6.07, 6.45) is 0.0320. The molecule has 10 heteroatoms. The second-order valence-electron chi connectivity index (χ2n) is 5.97. The summed E-state index contributed by atoms with van der Waals surface area (Å²) in [4.78, 5) is 39.5. The minimum absolute atomic E-state index is 0.0309. The SMILES string of the molecule is O=C(OC(C(=O)Nc1ccc([N+](=O)[O-])cc1Cl)c1ccccc1)c1ccnc(Cl)c1. The number of esters is 1. The zero-order valence-electron chi connectivity index (χ0n) is 15.1. The van der Waals surface area contributed by atoms with Crippen LogP contribution in [0, 0.1) is 10.1 Å². The largest absolute Gasteiger partial charge is 0.444 e. The molecule has 1 atom stereocenters. The van der Waals surface area contributed by atoms with Crippen LogP contribution in [0.25, 0.3) is 0 Å². The standard InChI is InChI=1S/C20H13Cl2N3O5/c21-15-11-14(25(28)29)6-7-16(15)24-19(26)18(12-4-2-1-3-5-12)30-20(27)13-8-9-23-17(22)10-13/h1-11,18H,(H,24,26). The first kappa shape index (κ1) is 21.2. The van der Waals surface area contributed by atoms with E-state index in [1.54, 1.807) is 30.3 Å². The number of aromatic nitrogens is 1. The Morgan fingerprint density at radius 2 is 1.80 bits per heavy atom. The van der Waals surface area contributed by atoms with E-state index in [-0.39, 0.29) is 27.1 Å². The third-order valence-corrected chi connectivity index (χ3v) is 4.47. The summed E-state index contributed by atoms with van der Waals surface area (Å²) in [5, 5.41) is 13.5. The zero-order valence-corrected chi connectivity index (χ0v) is 16.6. The van der Waals surface area contributed by atoms with Gasteiger partial charge in [-0.15, -0.1) is 0 Å². The van der Waals surface area contributed by atoms with Crippen molar-refractivity contribution >= 4 is 46.5 Å². The average Bonchev–Trinajstić information content (AvgIpc) is 2.73. The molecule has 1 heterocycles. The summed E-state index contributed by atoms with van der Waals surface area (Å²) >= 11 is 11.8. The molecule has 0 spiro atoms. The van der Waals surface area contributed by atoms with Gasteiger partial charge in [0.15, 0.2) is 0 Å². The Balaban J connectivity index is 1.86. The van der Waals surface area contributed by atoms with E-state index < -0.39 is 22.9 Å². The molecule has 0 saturated heterocycles. The molecular weight excluding hydrogens is 433 g/mol. The summed E-state index contributed by atoms with van der Waals surface area (Å²) in [6.45, 7) is 0. The summed E-state index contributed by atoms with van der Waals surface area (Å²) in [5.74, 6) is -1.47. The molecule has 30 heavy (non-hydrogen) atoms. The number of pyridine rings is 1. The van der Waals surface area contributed by atoms with Gasteiger partial charge >= 0.3 is 5.97 Å². The molecule has 0 fully saturated rings. The van der Waals surface area contributed by atoms with Gasteiger partial charge in [-0.25, -0.2) is 9.78 Å². The van der Waals surface area contributed by atoms with E-state index in [1.807, 2.05) is 0 Å². The summed E-state index contributed by atoms with van der Waals surface area (Å²) in [6, 6.07) is 14.7. The van der Waals surface area contributed by atoms with Gasteiger partial charge in [-0.3, -0.25) is 14.9 Å². The number of non-ortho nitro benzene ring substituents is 1. The molecule has 8 nitrogen and oxygen atoms in total. The number of nitrogens with zero attached hydrogens (tertiary/aromatic N) is 2. The molecule has 2 aromatic carbocycles. The van der Waals surface area contributed by atoms with E-state index in [9.17, 15) is 19.7 Å². The molecule has 0 aliphatic heterocycles. The highest BCUT2D eigenvalue weighted by molar-refractivity contribution is 6.34. The predicted molar refractivity (Wildman–Crippen MR) is 111 cm³/mol. The number of benzene rings is 2. The maximum Gasteiger partial charge on any atom is 0.339 e. The first-order valence-electron chi connectivity index (χ1n) is 8.47. The lowest BCUT2D eigenvalue weighted by molar-refractivity contribution is -0.384. The van der Waals surface area contributed by atoms with Crippen LogP contribution in [0.3, 0.4) is 0 Å². The summed E-state index contributed by atoms with van der Waals surface area (Å²) < 4.78 is 5.42. The van der Waals surface area contributed by atoms with Gasteiger partial charge in [0.2, 0.25) is 6.10 Å². The van der Waals surface area contributed by atoms with Crippen LogP contribution in [0.1, 0.15) is 22.0 Å². The van der Waals surface area contributed by atoms with E-state index in [0.717, 1.165) is 6.07 Å². The van der Waals surface area contributed by atoms with Crippen molar-refractivity contribution in [3.05, 3.63) is 98.3 Å². The Bertz CT molecular complexity index is 1110. The van der Waals surface area contributed by atoms with E-state index in [1.165, 1.54) is 30.5 Å². The lowest BCUT2D eigenvalue weighted by Crippen LogP contribution is -2.26. The maximum atomic E-state index is 12.9. The van der Waals surface area contributed by atoms with Crippen molar-refractivity contribution in [2.45, 2.75) is 6.10 Å². The molecule has 1 aromatic heterocycles. The van der Waals surface area contributed by atoms with Crippen LogP contribution in [-0.4, -0.2) is 21.8 Å². The van der Waals surface area contributed by atoms with Crippen molar-refractivity contribution in [3.8, 4) is 0 Å². The number of carbonyl (C=O) groups excluding carboxylic acids is 2. The highest BCUT2D eigenvalue weighted by Gasteiger charge is 2.26. The van der Waals surface area contributed by atoms with Crippen molar-refractivity contribution in [2.24, 2.45) is 0 Å². The number of hydrogen-bond acceptors (Lipinski definition) is 6. The summed E-state index contributed by atoms with van der Waals surface area (Å²) in [7, 11) is 0. The van der Waals surface area contributed by atoms with Gasteiger partial charge in [0, 0.05) is 23.9 Å². The number of ether oxygens (including phenoxy) is 1. The molecule has 0 bridgehead atoms. The Morgan fingerprint density at radius 1 is 1.07 bits per heavy atom. The highest BCUT2D eigenvalue weighted by atomic mass is 35.5. The lowest BCUT2D eigenvalue weighted by atomic mass is 10.1. The smallest absolute Gasteiger partial charge is 0.339 e. The Morgan fingerprint density at radius 3 is 2.43 bits per heavy atom. The van der Waals surface area contributed by atoms with Gasteiger partial charge in [0.05, 0.1) is 21.2 Å². The number of nitro groups is 1. The molecule has 3 aromatic rings. The monoisotopic (exact) mass is 445 g/mol. The normalized spacial score (nSPS) is 11.4. The topological polar surface area (TPSA) is 111 Å². The minimum Gasteiger partial charge on any atom is -0.444 e. The third kappa shape index (κ3) is 5.11. The quantitative estimate of drug-likeness (QED) is 0.251. The number of halogens is 2. The van der Waals surface area contributed by atoms with Crippen molar-refractivity contribution in [2.75, 3.05) is 5.32 Å². The first-order chi connectivity index (χ1) is 14.3. The van der Waals surface area contributed by atoms with Crippen LogP contribution >= 0.6 is 23.2 Å². The van der Waals surface area contributed by atoms with Crippen LogP contribution < -0.4 is 5.32 Å². The molecule has 3 rings (SSSR count). The van der Waals surface area contributed by atoms with E-state index >= 15 is 0 Å². The molecule has 1 N–H and O–H groups in total. The van der Waals surface area contributed by atoms with Crippen LogP contribution in [0.15, 0.2) is 66.9 Å². The van der Waals surface area contributed by atoms with Crippen LogP contribution in [0.2, 0.25) is 10.2 Å². The molecule has 0 aliphatic carbocycles. The van der Waals surface area contributed by atoms with Crippen molar-refractivity contribution in [1.82, 2.24) is 4.98 Å². The van der Waals surface area contributed by atoms with Gasteiger partial charge in [-0.1, -0.05) is 53.5 Å². The molecule has 0 saturated carbocycles. The van der Waals surface area contributed by atoms with Crippen molar-refractivity contribution < 1.29 is 19.2 Å². The van der Waals surface area contributed by atoms with Crippen molar-refractivity contribution in [3.63, 3.8) is 0 Å². The number of hydrogen-bond donors (Lipinski definition) is 1. The second-order valence-corrected chi connectivity index (χ2v) is 6.77. The lowest BCUT2D eigenvalue weighted by Gasteiger charge is -2.18. The van der Waals surface area contributed by atoms with Gasteiger partial charge in [0.1, 0.15) is 5.15 Å². The van der Waals surface area contributed by atoms with Crippen molar-refractivity contribution in [1.29, 1.82) is 0 Å². The van der Waals surface area contributed by atoms with Gasteiger partial charge in [-0.2, -0.15) is 0 Å².